The molecular weight excluding hydrogens is 519 g/mol. The van der Waals surface area contributed by atoms with E-state index in [4.69, 9.17) is 15.2 Å². The zero-order valence-electron chi connectivity index (χ0n) is 18.9. The molecule has 0 saturated carbocycles. The highest BCUT2D eigenvalue weighted by Gasteiger charge is 2.17. The number of nitrogens with two attached hydrogens (primary N) is 1. The molecule has 0 aliphatic carbocycles. The first-order valence-electron chi connectivity index (χ1n) is 11.0. The van der Waals surface area contributed by atoms with Crippen LogP contribution in [-0.2, 0) is 13.1 Å². The van der Waals surface area contributed by atoms with Gasteiger partial charge in [-0.15, -0.1) is 24.0 Å². The van der Waals surface area contributed by atoms with Crippen LogP contribution in [0.1, 0.15) is 37.8 Å². The van der Waals surface area contributed by atoms with Crippen molar-refractivity contribution in [1.29, 1.82) is 0 Å². The number of aliphatic imine (C=N–C) groups is 1. The Morgan fingerprint density at radius 3 is 2.47 bits per heavy atom. The molecule has 0 atom stereocenters. The lowest BCUT2D eigenvalue weighted by Crippen LogP contribution is -2.35. The maximum atomic E-state index is 9.73. The Labute approximate surface area is 208 Å². The summed E-state index contributed by atoms with van der Waals surface area (Å²) in [5.41, 5.74) is 9.31. The van der Waals surface area contributed by atoms with Crippen LogP contribution in [-0.4, -0.2) is 48.4 Å². The number of hydrogen-bond donors (Lipinski definition) is 3. The highest BCUT2D eigenvalue weighted by Crippen LogP contribution is 2.29. The summed E-state index contributed by atoms with van der Waals surface area (Å²) < 4.78 is 11.3. The summed E-state index contributed by atoms with van der Waals surface area (Å²) >= 11 is 0. The second-order valence-electron chi connectivity index (χ2n) is 7.63. The third-order valence-electron chi connectivity index (χ3n) is 5.31. The van der Waals surface area contributed by atoms with Gasteiger partial charge in [0.05, 0.1) is 31.5 Å². The number of halogens is 1. The molecule has 7 nitrogen and oxygen atoms in total. The fourth-order valence-corrected chi connectivity index (χ4v) is 3.68. The Morgan fingerprint density at radius 2 is 1.78 bits per heavy atom. The van der Waals surface area contributed by atoms with Crippen LogP contribution in [0.3, 0.4) is 0 Å². The number of benzene rings is 2. The van der Waals surface area contributed by atoms with E-state index in [-0.39, 0.29) is 30.1 Å². The van der Waals surface area contributed by atoms with Crippen LogP contribution in [0.4, 0.5) is 5.69 Å². The maximum absolute atomic E-state index is 9.73. The summed E-state index contributed by atoms with van der Waals surface area (Å²) in [5, 5.41) is 12.9. The molecule has 0 amide bonds. The lowest BCUT2D eigenvalue weighted by molar-refractivity contribution is 0.0791. The van der Waals surface area contributed by atoms with Gasteiger partial charge in [-0.2, -0.15) is 0 Å². The molecule has 4 N–H and O–H groups in total. The van der Waals surface area contributed by atoms with E-state index in [1.54, 1.807) is 0 Å². The highest BCUT2D eigenvalue weighted by atomic mass is 127. The zero-order valence-corrected chi connectivity index (χ0v) is 21.2. The number of hydrogen-bond acceptors (Lipinski definition) is 5. The second-order valence-corrected chi connectivity index (χ2v) is 7.63. The first-order chi connectivity index (χ1) is 15.1. The van der Waals surface area contributed by atoms with Crippen molar-refractivity contribution in [2.24, 2.45) is 10.7 Å². The highest BCUT2D eigenvalue weighted by molar-refractivity contribution is 14.0. The van der Waals surface area contributed by atoms with E-state index in [0.717, 1.165) is 49.5 Å². The first kappa shape index (κ1) is 26.2. The topological polar surface area (TPSA) is 92.3 Å². The number of nitrogens with zero attached hydrogens (tertiary/aromatic N) is 2. The fraction of sp³-hybridized carbons (Fsp3) is 0.458. The van der Waals surface area contributed by atoms with Gasteiger partial charge in [0.15, 0.2) is 5.96 Å². The van der Waals surface area contributed by atoms with Crippen LogP contribution >= 0.6 is 24.0 Å². The molecule has 0 unspecified atom stereocenters. The van der Waals surface area contributed by atoms with Crippen molar-refractivity contribution < 1.29 is 14.6 Å². The van der Waals surface area contributed by atoms with Crippen molar-refractivity contribution in [3.8, 4) is 11.5 Å². The molecule has 176 valence electrons. The largest absolute Gasteiger partial charge is 0.494 e. The van der Waals surface area contributed by atoms with Gasteiger partial charge >= 0.3 is 0 Å². The average molecular weight is 554 g/mol. The summed E-state index contributed by atoms with van der Waals surface area (Å²) in [4.78, 5) is 6.94. The number of nitrogens with one attached hydrogen (secondary N) is 1. The van der Waals surface area contributed by atoms with Crippen molar-refractivity contribution in [3.63, 3.8) is 0 Å². The number of anilines is 1. The number of aliphatic hydroxyl groups excluding tert-OH is 1. The van der Waals surface area contributed by atoms with Gasteiger partial charge < -0.3 is 25.6 Å². The van der Waals surface area contributed by atoms with Gasteiger partial charge in [0.25, 0.3) is 0 Å². The predicted octanol–water partition coefficient (Wildman–Crippen LogP) is 3.99. The smallest absolute Gasteiger partial charge is 0.193 e. The van der Waals surface area contributed by atoms with Gasteiger partial charge in [0.1, 0.15) is 11.5 Å². The SMILES string of the molecule is CCOc1ccc(OCC)c(NC(N)=NCc2ccccc2CN2CCC(O)CC2)c1.I. The van der Waals surface area contributed by atoms with Gasteiger partial charge in [-0.05, 0) is 49.9 Å². The molecule has 2 aromatic rings. The number of likely N-dealkylation sites (tertiary alicyclic amines) is 1. The minimum atomic E-state index is -0.162. The number of ether oxygens (including phenoxy) is 2. The van der Waals surface area contributed by atoms with E-state index in [0.29, 0.717) is 31.5 Å². The minimum Gasteiger partial charge on any atom is -0.494 e. The second kappa shape index (κ2) is 13.5. The van der Waals surface area contributed by atoms with E-state index in [1.807, 2.05) is 38.1 Å². The lowest BCUT2D eigenvalue weighted by Gasteiger charge is -2.30. The van der Waals surface area contributed by atoms with E-state index in [9.17, 15) is 5.11 Å². The lowest BCUT2D eigenvalue weighted by atomic mass is 10.0. The van der Waals surface area contributed by atoms with Gasteiger partial charge in [0, 0.05) is 25.7 Å². The Kier molecular flexibility index (Phi) is 11.1. The molecule has 0 bridgehead atoms. The number of aliphatic hydroxyl groups is 1. The minimum absolute atomic E-state index is 0. The summed E-state index contributed by atoms with van der Waals surface area (Å²) in [6.45, 7) is 8.21. The van der Waals surface area contributed by atoms with Crippen molar-refractivity contribution in [2.75, 3.05) is 31.6 Å². The van der Waals surface area contributed by atoms with Crippen LogP contribution < -0.4 is 20.5 Å². The summed E-state index contributed by atoms with van der Waals surface area (Å²) in [7, 11) is 0. The molecule has 1 aliphatic heterocycles. The Balaban J connectivity index is 0.00000363. The van der Waals surface area contributed by atoms with Crippen molar-refractivity contribution in [3.05, 3.63) is 53.6 Å². The van der Waals surface area contributed by atoms with Gasteiger partial charge in [-0.1, -0.05) is 24.3 Å². The normalized spacial score (nSPS) is 15.2. The van der Waals surface area contributed by atoms with Crippen LogP contribution in [0, 0.1) is 0 Å². The molecular formula is C24H35IN4O3. The van der Waals surface area contributed by atoms with E-state index in [1.165, 1.54) is 5.56 Å². The van der Waals surface area contributed by atoms with Crippen LogP contribution in [0.5, 0.6) is 11.5 Å². The standard InChI is InChI=1S/C24H34N4O3.HI/c1-3-30-21-9-10-23(31-4-2)22(15-21)27-24(25)26-16-18-7-5-6-8-19(18)17-28-13-11-20(29)12-14-28;/h5-10,15,20,29H,3-4,11-14,16-17H2,1-2H3,(H3,25,26,27);1H. The van der Waals surface area contributed by atoms with Gasteiger partial charge in [0.2, 0.25) is 0 Å². The molecule has 3 rings (SSSR count). The maximum Gasteiger partial charge on any atom is 0.193 e. The predicted molar refractivity (Wildman–Crippen MR) is 140 cm³/mol. The van der Waals surface area contributed by atoms with Gasteiger partial charge in [-0.3, -0.25) is 4.90 Å². The van der Waals surface area contributed by atoms with Crippen molar-refractivity contribution in [1.82, 2.24) is 4.90 Å². The van der Waals surface area contributed by atoms with Crippen molar-refractivity contribution in [2.45, 2.75) is 45.9 Å². The first-order valence-corrected chi connectivity index (χ1v) is 11.0. The molecule has 1 aliphatic rings. The molecule has 32 heavy (non-hydrogen) atoms. The molecule has 0 spiro atoms. The molecule has 1 fully saturated rings. The Hall–Kier alpha value is -2.04. The van der Waals surface area contributed by atoms with E-state index in [2.05, 4.69) is 33.4 Å². The van der Waals surface area contributed by atoms with Crippen LogP contribution in [0.15, 0.2) is 47.5 Å². The van der Waals surface area contributed by atoms with E-state index < -0.39 is 0 Å². The monoisotopic (exact) mass is 554 g/mol. The molecule has 0 aromatic heterocycles. The molecule has 8 heteroatoms. The number of guanidine groups is 1. The zero-order chi connectivity index (χ0) is 22.1. The average Bonchev–Trinajstić information content (AvgIpc) is 2.77. The summed E-state index contributed by atoms with van der Waals surface area (Å²) in [6.07, 6.45) is 1.50. The summed E-state index contributed by atoms with van der Waals surface area (Å²) in [6, 6.07) is 13.9. The fourth-order valence-electron chi connectivity index (χ4n) is 3.68. The Morgan fingerprint density at radius 1 is 1.09 bits per heavy atom. The quantitative estimate of drug-likeness (QED) is 0.247. The van der Waals surface area contributed by atoms with Crippen molar-refractivity contribution >= 4 is 35.6 Å². The third kappa shape index (κ3) is 7.83. The van der Waals surface area contributed by atoms with Crippen LogP contribution in [0.25, 0.3) is 0 Å². The Bertz CT molecular complexity index is 870. The number of piperidine rings is 1. The third-order valence-corrected chi connectivity index (χ3v) is 5.31. The van der Waals surface area contributed by atoms with Crippen LogP contribution in [0.2, 0.25) is 0 Å². The number of rotatable bonds is 9. The van der Waals surface area contributed by atoms with Gasteiger partial charge in [-0.25, -0.2) is 4.99 Å². The summed E-state index contributed by atoms with van der Waals surface area (Å²) in [5.74, 6) is 1.78. The molecule has 0 radical (unpaired) electrons. The molecule has 1 heterocycles. The molecule has 1 saturated heterocycles. The van der Waals surface area contributed by atoms with E-state index >= 15 is 0 Å². The molecule has 2 aromatic carbocycles.